The van der Waals surface area contributed by atoms with Crippen molar-refractivity contribution >= 4 is 23.3 Å². The molecule has 0 unspecified atom stereocenters. The lowest BCUT2D eigenvalue weighted by molar-refractivity contribution is -0.384. The van der Waals surface area contributed by atoms with Crippen LogP contribution in [0.2, 0.25) is 0 Å². The molecule has 1 aromatic carbocycles. The van der Waals surface area contributed by atoms with Crippen molar-refractivity contribution in [3.8, 4) is 0 Å². The first-order valence-corrected chi connectivity index (χ1v) is 6.61. The van der Waals surface area contributed by atoms with Crippen LogP contribution in [0.15, 0.2) is 43.5 Å². The van der Waals surface area contributed by atoms with Crippen molar-refractivity contribution in [1.82, 2.24) is 4.90 Å². The molecule has 23 heavy (non-hydrogen) atoms. The fourth-order valence-corrected chi connectivity index (χ4v) is 1.74. The van der Waals surface area contributed by atoms with Crippen LogP contribution in [-0.2, 0) is 9.53 Å². The second kappa shape index (κ2) is 8.32. The van der Waals surface area contributed by atoms with E-state index in [0.29, 0.717) is 13.1 Å². The van der Waals surface area contributed by atoms with Crippen LogP contribution in [0.5, 0.6) is 0 Å². The van der Waals surface area contributed by atoms with Gasteiger partial charge in [0, 0.05) is 25.2 Å². The third-order valence-corrected chi connectivity index (χ3v) is 2.84. The van der Waals surface area contributed by atoms with E-state index in [1.165, 1.54) is 23.1 Å². The summed E-state index contributed by atoms with van der Waals surface area (Å²) in [6.45, 7) is 7.18. The molecule has 0 aromatic heterocycles. The molecular formula is C15H17N3O5. The van der Waals surface area contributed by atoms with Crippen molar-refractivity contribution in [2.24, 2.45) is 0 Å². The minimum Gasteiger partial charge on any atom is -0.452 e. The maximum absolute atomic E-state index is 11.9. The van der Waals surface area contributed by atoms with E-state index in [0.717, 1.165) is 12.1 Å². The van der Waals surface area contributed by atoms with Crippen LogP contribution in [0.25, 0.3) is 0 Å². The first-order chi connectivity index (χ1) is 10.9. The van der Waals surface area contributed by atoms with E-state index in [2.05, 4.69) is 13.2 Å². The fraction of sp³-hybridized carbons (Fsp3) is 0.200. The maximum Gasteiger partial charge on any atom is 0.340 e. The Kier molecular flexibility index (Phi) is 6.47. The summed E-state index contributed by atoms with van der Waals surface area (Å²) in [5, 5.41) is 10.6. The zero-order valence-electron chi connectivity index (χ0n) is 12.4. The number of carbonyl (C=O) groups is 2. The van der Waals surface area contributed by atoms with Gasteiger partial charge < -0.3 is 15.4 Å². The number of rotatable bonds is 8. The molecule has 1 rings (SSSR count). The highest BCUT2D eigenvalue weighted by Gasteiger charge is 2.18. The summed E-state index contributed by atoms with van der Waals surface area (Å²) in [5.74, 6) is -1.25. The quantitative estimate of drug-likeness (QED) is 0.255. The molecule has 2 N–H and O–H groups in total. The van der Waals surface area contributed by atoms with Crippen molar-refractivity contribution in [3.05, 3.63) is 59.2 Å². The Morgan fingerprint density at radius 2 is 1.91 bits per heavy atom. The molecule has 0 heterocycles. The molecule has 0 aliphatic rings. The summed E-state index contributed by atoms with van der Waals surface area (Å²) in [7, 11) is 0. The minimum atomic E-state index is -0.831. The monoisotopic (exact) mass is 319 g/mol. The van der Waals surface area contributed by atoms with Crippen LogP contribution in [0.3, 0.4) is 0 Å². The Balaban J connectivity index is 2.72. The van der Waals surface area contributed by atoms with Gasteiger partial charge in [0.05, 0.1) is 16.2 Å². The SMILES string of the molecule is C=CCN(CC=C)C(=O)COC(=O)c1ccc([N+](=O)[O-])cc1N. The summed E-state index contributed by atoms with van der Waals surface area (Å²) in [5.41, 5.74) is 5.23. The third kappa shape index (κ3) is 4.95. The molecule has 0 spiro atoms. The van der Waals surface area contributed by atoms with Crippen LogP contribution in [0.1, 0.15) is 10.4 Å². The van der Waals surface area contributed by atoms with Gasteiger partial charge in [-0.25, -0.2) is 4.79 Å². The molecule has 1 amide bonds. The van der Waals surface area contributed by atoms with Gasteiger partial charge in [-0.05, 0) is 6.07 Å². The predicted octanol–water partition coefficient (Wildman–Crippen LogP) is 1.53. The van der Waals surface area contributed by atoms with Crippen molar-refractivity contribution in [2.75, 3.05) is 25.4 Å². The number of benzene rings is 1. The van der Waals surface area contributed by atoms with Gasteiger partial charge in [0.1, 0.15) is 0 Å². The van der Waals surface area contributed by atoms with Crippen LogP contribution in [0, 0.1) is 10.1 Å². The van der Waals surface area contributed by atoms with Gasteiger partial charge in [-0.15, -0.1) is 13.2 Å². The van der Waals surface area contributed by atoms with Crippen molar-refractivity contribution in [1.29, 1.82) is 0 Å². The number of nitrogens with zero attached hydrogens (tertiary/aromatic N) is 2. The number of nitrogens with two attached hydrogens (primary N) is 1. The molecule has 0 saturated carbocycles. The predicted molar refractivity (Wildman–Crippen MR) is 84.8 cm³/mol. The Bertz CT molecular complexity index is 632. The van der Waals surface area contributed by atoms with Gasteiger partial charge in [0.25, 0.3) is 11.6 Å². The average Bonchev–Trinajstić information content (AvgIpc) is 2.51. The number of non-ortho nitro benzene ring substituents is 1. The number of carbonyl (C=O) groups excluding carboxylic acids is 2. The second-order valence-electron chi connectivity index (χ2n) is 4.48. The first-order valence-electron chi connectivity index (χ1n) is 6.61. The Hall–Kier alpha value is -3.16. The van der Waals surface area contributed by atoms with E-state index in [9.17, 15) is 19.7 Å². The molecule has 122 valence electrons. The standard InChI is InChI=1S/C15H17N3O5/c1-3-7-17(8-4-2)14(19)10-23-15(20)12-6-5-11(18(21)22)9-13(12)16/h3-6,9H,1-2,7-8,10,16H2. The second-order valence-corrected chi connectivity index (χ2v) is 4.48. The topological polar surface area (TPSA) is 116 Å². The van der Waals surface area contributed by atoms with E-state index >= 15 is 0 Å². The van der Waals surface area contributed by atoms with E-state index < -0.39 is 23.4 Å². The Morgan fingerprint density at radius 3 is 2.39 bits per heavy atom. The first kappa shape index (κ1) is 17.9. The number of esters is 1. The molecule has 1 aromatic rings. The normalized spacial score (nSPS) is 9.74. The van der Waals surface area contributed by atoms with Gasteiger partial charge in [0.15, 0.2) is 6.61 Å². The van der Waals surface area contributed by atoms with Gasteiger partial charge in [-0.2, -0.15) is 0 Å². The number of nitro benzene ring substituents is 1. The number of nitrogen functional groups attached to an aromatic ring is 1. The van der Waals surface area contributed by atoms with Crippen LogP contribution < -0.4 is 5.73 Å². The zero-order chi connectivity index (χ0) is 17.4. The fourth-order valence-electron chi connectivity index (χ4n) is 1.74. The molecule has 0 aliphatic carbocycles. The molecule has 0 fully saturated rings. The molecular weight excluding hydrogens is 302 g/mol. The molecule has 8 nitrogen and oxygen atoms in total. The average molecular weight is 319 g/mol. The summed E-state index contributed by atoms with van der Waals surface area (Å²) in [6.07, 6.45) is 3.08. The van der Waals surface area contributed by atoms with Crippen molar-refractivity contribution < 1.29 is 19.2 Å². The summed E-state index contributed by atoms with van der Waals surface area (Å²) in [6, 6.07) is 3.38. The summed E-state index contributed by atoms with van der Waals surface area (Å²) < 4.78 is 4.90. The number of ether oxygens (including phenoxy) is 1. The molecule has 8 heteroatoms. The Morgan fingerprint density at radius 1 is 1.30 bits per heavy atom. The number of hydrogen-bond acceptors (Lipinski definition) is 6. The van der Waals surface area contributed by atoms with E-state index in [-0.39, 0.29) is 16.9 Å². The Labute approximate surface area is 133 Å². The van der Waals surface area contributed by atoms with Gasteiger partial charge >= 0.3 is 5.97 Å². The highest BCUT2D eigenvalue weighted by atomic mass is 16.6. The smallest absolute Gasteiger partial charge is 0.340 e. The number of hydrogen-bond donors (Lipinski definition) is 1. The highest BCUT2D eigenvalue weighted by molar-refractivity contribution is 5.96. The molecule has 0 atom stereocenters. The van der Waals surface area contributed by atoms with Crippen LogP contribution in [0.4, 0.5) is 11.4 Å². The summed E-state index contributed by atoms with van der Waals surface area (Å²) >= 11 is 0. The third-order valence-electron chi connectivity index (χ3n) is 2.84. The van der Waals surface area contributed by atoms with Crippen LogP contribution >= 0.6 is 0 Å². The molecule has 0 bridgehead atoms. The molecule has 0 saturated heterocycles. The molecule has 0 aliphatic heterocycles. The number of amides is 1. The highest BCUT2D eigenvalue weighted by Crippen LogP contribution is 2.20. The van der Waals surface area contributed by atoms with Crippen molar-refractivity contribution in [3.63, 3.8) is 0 Å². The van der Waals surface area contributed by atoms with E-state index in [1.807, 2.05) is 0 Å². The van der Waals surface area contributed by atoms with Crippen LogP contribution in [-0.4, -0.2) is 41.4 Å². The lowest BCUT2D eigenvalue weighted by atomic mass is 10.1. The maximum atomic E-state index is 11.9. The number of nitro groups is 1. The van der Waals surface area contributed by atoms with E-state index in [4.69, 9.17) is 10.5 Å². The van der Waals surface area contributed by atoms with E-state index in [1.54, 1.807) is 0 Å². The molecule has 0 radical (unpaired) electrons. The van der Waals surface area contributed by atoms with Gasteiger partial charge in [0.2, 0.25) is 0 Å². The lowest BCUT2D eigenvalue weighted by Gasteiger charge is -2.19. The van der Waals surface area contributed by atoms with Crippen molar-refractivity contribution in [2.45, 2.75) is 0 Å². The largest absolute Gasteiger partial charge is 0.452 e. The van der Waals surface area contributed by atoms with Gasteiger partial charge in [-0.1, -0.05) is 12.2 Å². The lowest BCUT2D eigenvalue weighted by Crippen LogP contribution is -2.35. The number of anilines is 1. The zero-order valence-corrected chi connectivity index (χ0v) is 12.4. The minimum absolute atomic E-state index is 0.0395. The van der Waals surface area contributed by atoms with Gasteiger partial charge in [-0.3, -0.25) is 14.9 Å². The summed E-state index contributed by atoms with van der Waals surface area (Å²) in [4.78, 5) is 35.2.